The number of hydrogen-bond donors (Lipinski definition) is 2. The quantitative estimate of drug-likeness (QED) is 0.427. The summed E-state index contributed by atoms with van der Waals surface area (Å²) in [5.41, 5.74) is 8.29. The molecule has 0 aliphatic heterocycles. The van der Waals surface area contributed by atoms with Gasteiger partial charge in [0.2, 0.25) is 0 Å². The number of carbonyl (C=O) groups is 1. The fraction of sp³-hybridized carbons (Fsp3) is 0.320. The Labute approximate surface area is 193 Å². The van der Waals surface area contributed by atoms with E-state index < -0.39 is 6.09 Å². The van der Waals surface area contributed by atoms with E-state index in [4.69, 9.17) is 15.2 Å². The van der Waals surface area contributed by atoms with Gasteiger partial charge in [-0.25, -0.2) is 9.48 Å². The molecule has 3 N–H and O–H groups in total. The Bertz CT molecular complexity index is 1100. The minimum Gasteiger partial charge on any atom is -0.494 e. The van der Waals surface area contributed by atoms with Crippen molar-refractivity contribution in [2.75, 3.05) is 25.1 Å². The van der Waals surface area contributed by atoms with Crippen molar-refractivity contribution in [1.29, 1.82) is 0 Å². The molecular weight excluding hydrogens is 420 g/mol. The van der Waals surface area contributed by atoms with Gasteiger partial charge in [0.15, 0.2) is 0 Å². The van der Waals surface area contributed by atoms with Crippen LogP contribution in [0.4, 0.5) is 10.5 Å². The van der Waals surface area contributed by atoms with Crippen molar-refractivity contribution in [2.24, 2.45) is 5.73 Å². The van der Waals surface area contributed by atoms with Crippen LogP contribution in [0.5, 0.6) is 5.75 Å². The van der Waals surface area contributed by atoms with E-state index in [0.29, 0.717) is 31.1 Å². The Kier molecular flexibility index (Phi) is 9.02. The average molecular weight is 451 g/mol. The van der Waals surface area contributed by atoms with Gasteiger partial charge in [0, 0.05) is 17.3 Å². The van der Waals surface area contributed by atoms with Crippen molar-refractivity contribution in [3.8, 4) is 17.0 Å². The van der Waals surface area contributed by atoms with Crippen molar-refractivity contribution >= 4 is 11.8 Å². The van der Waals surface area contributed by atoms with Crippen LogP contribution in [0.15, 0.2) is 65.5 Å². The summed E-state index contributed by atoms with van der Waals surface area (Å²) in [5, 5.41) is 7.19. The zero-order valence-corrected chi connectivity index (χ0v) is 18.8. The zero-order valence-electron chi connectivity index (χ0n) is 18.8. The number of hydrogen-bond acceptors (Lipinski definition) is 6. The van der Waals surface area contributed by atoms with Gasteiger partial charge in [-0.2, -0.15) is 5.10 Å². The lowest BCUT2D eigenvalue weighted by atomic mass is 10.1. The topological polar surface area (TPSA) is 108 Å². The second kappa shape index (κ2) is 12.4. The Balaban J connectivity index is 1.67. The van der Waals surface area contributed by atoms with Crippen LogP contribution in [-0.2, 0) is 11.3 Å². The van der Waals surface area contributed by atoms with E-state index in [1.165, 1.54) is 10.7 Å². The third-order valence-corrected chi connectivity index (χ3v) is 4.92. The molecule has 0 spiro atoms. The number of amides is 1. The predicted molar refractivity (Wildman–Crippen MR) is 129 cm³/mol. The molecule has 3 rings (SSSR count). The monoisotopic (exact) mass is 450 g/mol. The molecule has 8 nitrogen and oxygen atoms in total. The van der Waals surface area contributed by atoms with Crippen molar-refractivity contribution in [3.05, 3.63) is 76.6 Å². The number of ether oxygens (including phenoxy) is 2. The Morgan fingerprint density at radius 1 is 1.06 bits per heavy atom. The Morgan fingerprint density at radius 2 is 1.88 bits per heavy atom. The Morgan fingerprint density at radius 3 is 2.64 bits per heavy atom. The summed E-state index contributed by atoms with van der Waals surface area (Å²) in [5.74, 6) is 0.797. The van der Waals surface area contributed by atoms with E-state index in [9.17, 15) is 9.59 Å². The van der Waals surface area contributed by atoms with Crippen LogP contribution in [0.1, 0.15) is 31.7 Å². The van der Waals surface area contributed by atoms with E-state index in [1.807, 2.05) is 30.3 Å². The number of carbonyl (C=O) groups excluding carboxylic acids is 1. The molecule has 8 heteroatoms. The first kappa shape index (κ1) is 24.0. The third-order valence-electron chi connectivity index (χ3n) is 4.92. The maximum absolute atomic E-state index is 12.4. The van der Waals surface area contributed by atoms with Crippen molar-refractivity contribution in [1.82, 2.24) is 9.78 Å². The predicted octanol–water partition coefficient (Wildman–Crippen LogP) is 4.03. The van der Waals surface area contributed by atoms with E-state index in [0.717, 1.165) is 36.1 Å². The average Bonchev–Trinajstić information content (AvgIpc) is 2.81. The second-order valence-electron chi connectivity index (χ2n) is 7.48. The molecule has 0 aliphatic rings. The number of nitrogens with one attached hydrogen (secondary N) is 1. The molecule has 3 aromatic rings. The van der Waals surface area contributed by atoms with Crippen molar-refractivity contribution in [3.63, 3.8) is 0 Å². The van der Waals surface area contributed by atoms with Crippen LogP contribution in [0.3, 0.4) is 0 Å². The van der Waals surface area contributed by atoms with E-state index in [2.05, 4.69) is 10.4 Å². The largest absolute Gasteiger partial charge is 0.494 e. The molecule has 0 unspecified atom stereocenters. The highest BCUT2D eigenvalue weighted by atomic mass is 16.5. The fourth-order valence-electron chi connectivity index (χ4n) is 3.26. The molecule has 33 heavy (non-hydrogen) atoms. The summed E-state index contributed by atoms with van der Waals surface area (Å²) in [6.45, 7) is 3.67. The van der Waals surface area contributed by atoms with Crippen LogP contribution >= 0.6 is 0 Å². The number of nitrogens with two attached hydrogens (primary N) is 1. The van der Waals surface area contributed by atoms with Crippen LogP contribution in [-0.4, -0.2) is 35.6 Å². The van der Waals surface area contributed by atoms with E-state index in [1.54, 1.807) is 31.2 Å². The standard InChI is InChI=1S/C25H30N4O4/c1-2-32-25(31)27-21-8-6-7-19(17-21)18-29-24(30)14-13-23(28-29)20-9-11-22(12-10-20)33-16-5-3-4-15-26/h6-14,17H,2-5,15-16,18,26H2,1H3,(H,27,31). The maximum atomic E-state index is 12.4. The van der Waals surface area contributed by atoms with Gasteiger partial charge in [0.25, 0.3) is 5.56 Å². The lowest BCUT2D eigenvalue weighted by molar-refractivity contribution is 0.168. The molecule has 1 heterocycles. The molecule has 0 fully saturated rings. The van der Waals surface area contributed by atoms with Crippen molar-refractivity contribution < 1.29 is 14.3 Å². The van der Waals surface area contributed by atoms with Crippen molar-refractivity contribution in [2.45, 2.75) is 32.7 Å². The van der Waals surface area contributed by atoms with E-state index in [-0.39, 0.29) is 12.1 Å². The molecule has 174 valence electrons. The van der Waals surface area contributed by atoms with Crippen LogP contribution in [0, 0.1) is 0 Å². The number of unbranched alkanes of at least 4 members (excludes halogenated alkanes) is 2. The first-order valence-electron chi connectivity index (χ1n) is 11.1. The van der Waals surface area contributed by atoms with Crippen LogP contribution in [0.2, 0.25) is 0 Å². The molecule has 2 aromatic carbocycles. The van der Waals surface area contributed by atoms with Gasteiger partial charge in [-0.15, -0.1) is 0 Å². The summed E-state index contributed by atoms with van der Waals surface area (Å²) in [4.78, 5) is 24.0. The summed E-state index contributed by atoms with van der Waals surface area (Å²) in [6.07, 6.45) is 2.52. The molecule has 0 saturated carbocycles. The first-order chi connectivity index (χ1) is 16.1. The molecule has 1 aromatic heterocycles. The van der Waals surface area contributed by atoms with E-state index >= 15 is 0 Å². The molecule has 0 saturated heterocycles. The summed E-state index contributed by atoms with van der Waals surface area (Å²) in [6, 6.07) is 18.1. The van der Waals surface area contributed by atoms with Gasteiger partial charge in [-0.3, -0.25) is 10.1 Å². The number of rotatable bonds is 11. The molecular formula is C25H30N4O4. The molecule has 1 amide bonds. The minimum absolute atomic E-state index is 0.208. The van der Waals surface area contributed by atoms with Gasteiger partial charge in [-0.05, 0) is 80.8 Å². The minimum atomic E-state index is -0.519. The lowest BCUT2D eigenvalue weighted by Crippen LogP contribution is -2.23. The fourth-order valence-corrected chi connectivity index (χ4v) is 3.26. The maximum Gasteiger partial charge on any atom is 0.411 e. The van der Waals surface area contributed by atoms with Gasteiger partial charge < -0.3 is 15.2 Å². The van der Waals surface area contributed by atoms with Gasteiger partial charge in [-0.1, -0.05) is 12.1 Å². The number of nitrogens with zero attached hydrogens (tertiary/aromatic N) is 2. The first-order valence-corrected chi connectivity index (χ1v) is 11.1. The third kappa shape index (κ3) is 7.47. The molecule has 0 aliphatic carbocycles. The van der Waals surface area contributed by atoms with Crippen LogP contribution < -0.4 is 21.3 Å². The number of benzene rings is 2. The number of aromatic nitrogens is 2. The second-order valence-corrected chi connectivity index (χ2v) is 7.48. The summed E-state index contributed by atoms with van der Waals surface area (Å²) >= 11 is 0. The van der Waals surface area contributed by atoms with Crippen LogP contribution in [0.25, 0.3) is 11.3 Å². The normalized spacial score (nSPS) is 10.6. The molecule has 0 radical (unpaired) electrons. The lowest BCUT2D eigenvalue weighted by Gasteiger charge is -2.10. The Hall–Kier alpha value is -3.65. The summed E-state index contributed by atoms with van der Waals surface area (Å²) in [7, 11) is 0. The summed E-state index contributed by atoms with van der Waals surface area (Å²) < 4.78 is 12.1. The molecule has 0 bridgehead atoms. The number of anilines is 1. The zero-order chi connectivity index (χ0) is 23.5. The molecule has 0 atom stereocenters. The van der Waals surface area contributed by atoms with Gasteiger partial charge in [0.05, 0.1) is 25.5 Å². The highest BCUT2D eigenvalue weighted by Gasteiger charge is 2.07. The van der Waals surface area contributed by atoms with Gasteiger partial charge in [0.1, 0.15) is 5.75 Å². The highest BCUT2D eigenvalue weighted by Crippen LogP contribution is 2.20. The SMILES string of the molecule is CCOC(=O)Nc1cccc(Cn2nc(-c3ccc(OCCCCCN)cc3)ccc2=O)c1. The highest BCUT2D eigenvalue weighted by molar-refractivity contribution is 5.84. The van der Waals surface area contributed by atoms with Gasteiger partial charge >= 0.3 is 6.09 Å². The smallest absolute Gasteiger partial charge is 0.411 e.